The van der Waals surface area contributed by atoms with E-state index in [1.54, 1.807) is 0 Å². The Hall–Kier alpha value is -1.80. The molecule has 0 saturated heterocycles. The lowest BCUT2D eigenvalue weighted by molar-refractivity contribution is 0.638. The van der Waals surface area contributed by atoms with Gasteiger partial charge in [0.05, 0.1) is 6.04 Å². The van der Waals surface area contributed by atoms with Gasteiger partial charge in [-0.1, -0.05) is 49.4 Å². The van der Waals surface area contributed by atoms with Crippen molar-refractivity contribution in [3.63, 3.8) is 0 Å². The Morgan fingerprint density at radius 2 is 1.86 bits per heavy atom. The van der Waals surface area contributed by atoms with Crippen LogP contribution in [0.1, 0.15) is 36.6 Å². The van der Waals surface area contributed by atoms with Crippen LogP contribution < -0.4 is 10.2 Å². The molecule has 0 amide bonds. The van der Waals surface area contributed by atoms with Crippen LogP contribution in [-0.2, 0) is 13.0 Å². The average molecular weight is 280 g/mol. The summed E-state index contributed by atoms with van der Waals surface area (Å²) in [5.41, 5.74) is 5.56. The van der Waals surface area contributed by atoms with Crippen LogP contribution in [0.3, 0.4) is 0 Å². The number of fused-ring (bicyclic) bond motifs is 1. The molecule has 1 N–H and O–H groups in total. The van der Waals surface area contributed by atoms with E-state index in [4.69, 9.17) is 0 Å². The standard InChI is InChI=1S/C19H24N2/c1-3-16-8-10-17(11-9-16)15(2)21-13-12-20-14-18-6-4-5-7-19(18)21/h4-11,15,20H,3,12-14H2,1-2H3. The molecule has 0 aliphatic carbocycles. The van der Waals surface area contributed by atoms with E-state index in [1.165, 1.54) is 22.4 Å². The highest BCUT2D eigenvalue weighted by Gasteiger charge is 2.20. The van der Waals surface area contributed by atoms with Gasteiger partial charge >= 0.3 is 0 Å². The number of nitrogens with one attached hydrogen (secondary N) is 1. The van der Waals surface area contributed by atoms with E-state index < -0.39 is 0 Å². The Morgan fingerprint density at radius 3 is 2.62 bits per heavy atom. The van der Waals surface area contributed by atoms with E-state index in [2.05, 4.69) is 72.6 Å². The third-order valence-corrected chi connectivity index (χ3v) is 4.48. The molecule has 21 heavy (non-hydrogen) atoms. The van der Waals surface area contributed by atoms with Gasteiger partial charge < -0.3 is 10.2 Å². The monoisotopic (exact) mass is 280 g/mol. The molecule has 1 unspecified atom stereocenters. The van der Waals surface area contributed by atoms with Gasteiger partial charge in [-0.15, -0.1) is 0 Å². The fourth-order valence-electron chi connectivity index (χ4n) is 3.10. The largest absolute Gasteiger partial charge is 0.363 e. The fraction of sp³-hybridized carbons (Fsp3) is 0.368. The lowest BCUT2D eigenvalue weighted by atomic mass is 10.0. The number of hydrogen-bond acceptors (Lipinski definition) is 2. The summed E-state index contributed by atoms with van der Waals surface area (Å²) in [4.78, 5) is 2.52. The highest BCUT2D eigenvalue weighted by molar-refractivity contribution is 5.56. The van der Waals surface area contributed by atoms with Gasteiger partial charge in [0.2, 0.25) is 0 Å². The summed E-state index contributed by atoms with van der Waals surface area (Å²) in [6.45, 7) is 7.56. The van der Waals surface area contributed by atoms with Crippen LogP contribution in [0.25, 0.3) is 0 Å². The molecule has 0 spiro atoms. The van der Waals surface area contributed by atoms with E-state index in [0.29, 0.717) is 6.04 Å². The zero-order chi connectivity index (χ0) is 14.7. The summed E-state index contributed by atoms with van der Waals surface area (Å²) in [6, 6.07) is 18.2. The molecule has 0 bridgehead atoms. The van der Waals surface area contributed by atoms with Gasteiger partial charge in [-0.2, -0.15) is 0 Å². The average Bonchev–Trinajstić information content (AvgIpc) is 2.77. The van der Waals surface area contributed by atoms with Gasteiger partial charge in [0, 0.05) is 25.3 Å². The molecule has 1 aliphatic heterocycles. The Labute approximate surface area is 127 Å². The van der Waals surface area contributed by atoms with Gasteiger partial charge in [0.15, 0.2) is 0 Å². The minimum absolute atomic E-state index is 0.400. The molecule has 0 aromatic heterocycles. The molecule has 0 radical (unpaired) electrons. The van der Waals surface area contributed by atoms with Crippen LogP contribution in [0.2, 0.25) is 0 Å². The van der Waals surface area contributed by atoms with Crippen molar-refractivity contribution >= 4 is 5.69 Å². The van der Waals surface area contributed by atoms with Crippen molar-refractivity contribution in [2.45, 2.75) is 32.9 Å². The SMILES string of the molecule is CCc1ccc(C(C)N2CCNCc3ccccc32)cc1. The molecular formula is C19H24N2. The Kier molecular flexibility index (Phi) is 4.26. The van der Waals surface area contributed by atoms with Crippen LogP contribution in [0.15, 0.2) is 48.5 Å². The van der Waals surface area contributed by atoms with Crippen LogP contribution in [0, 0.1) is 0 Å². The highest BCUT2D eigenvalue weighted by atomic mass is 15.2. The molecule has 2 nitrogen and oxygen atoms in total. The zero-order valence-electron chi connectivity index (χ0n) is 13.0. The van der Waals surface area contributed by atoms with Crippen molar-refractivity contribution in [1.82, 2.24) is 5.32 Å². The van der Waals surface area contributed by atoms with E-state index in [9.17, 15) is 0 Å². The normalized spacial score (nSPS) is 16.2. The van der Waals surface area contributed by atoms with Crippen molar-refractivity contribution in [2.75, 3.05) is 18.0 Å². The second-order valence-corrected chi connectivity index (χ2v) is 5.77. The quantitative estimate of drug-likeness (QED) is 0.916. The van der Waals surface area contributed by atoms with Crippen LogP contribution >= 0.6 is 0 Å². The smallest absolute Gasteiger partial charge is 0.0514 e. The summed E-state index contributed by atoms with van der Waals surface area (Å²) >= 11 is 0. The van der Waals surface area contributed by atoms with Crippen molar-refractivity contribution in [3.8, 4) is 0 Å². The van der Waals surface area contributed by atoms with Crippen molar-refractivity contribution in [3.05, 3.63) is 65.2 Å². The van der Waals surface area contributed by atoms with Crippen LogP contribution in [-0.4, -0.2) is 13.1 Å². The number of para-hydroxylation sites is 1. The Balaban J connectivity index is 1.91. The third-order valence-electron chi connectivity index (χ3n) is 4.48. The highest BCUT2D eigenvalue weighted by Crippen LogP contribution is 2.30. The number of nitrogens with zero attached hydrogens (tertiary/aromatic N) is 1. The molecule has 0 saturated carbocycles. The van der Waals surface area contributed by atoms with Gasteiger partial charge in [-0.05, 0) is 36.1 Å². The zero-order valence-corrected chi connectivity index (χ0v) is 13.0. The maximum atomic E-state index is 3.52. The Bertz CT molecular complexity index is 589. The van der Waals surface area contributed by atoms with Crippen molar-refractivity contribution < 1.29 is 0 Å². The predicted octanol–water partition coefficient (Wildman–Crippen LogP) is 3.92. The molecule has 1 atom stereocenters. The summed E-state index contributed by atoms with van der Waals surface area (Å²) < 4.78 is 0. The maximum Gasteiger partial charge on any atom is 0.0514 e. The minimum Gasteiger partial charge on any atom is -0.363 e. The second-order valence-electron chi connectivity index (χ2n) is 5.77. The molecule has 2 heteroatoms. The number of benzene rings is 2. The molecule has 2 aromatic rings. The third kappa shape index (κ3) is 2.96. The first-order valence-electron chi connectivity index (χ1n) is 7.93. The first kappa shape index (κ1) is 14.2. The fourth-order valence-corrected chi connectivity index (χ4v) is 3.10. The van der Waals surface area contributed by atoms with Gasteiger partial charge in [-0.3, -0.25) is 0 Å². The maximum absolute atomic E-state index is 3.52. The number of aryl methyl sites for hydroxylation is 1. The topological polar surface area (TPSA) is 15.3 Å². The second kappa shape index (κ2) is 6.31. The number of rotatable bonds is 3. The number of hydrogen-bond donors (Lipinski definition) is 1. The van der Waals surface area contributed by atoms with Crippen LogP contribution in [0.4, 0.5) is 5.69 Å². The molecular weight excluding hydrogens is 256 g/mol. The van der Waals surface area contributed by atoms with E-state index in [1.807, 2.05) is 0 Å². The first-order chi connectivity index (χ1) is 10.3. The molecule has 1 aliphatic rings. The van der Waals surface area contributed by atoms with Gasteiger partial charge in [0.1, 0.15) is 0 Å². The van der Waals surface area contributed by atoms with Crippen molar-refractivity contribution in [1.29, 1.82) is 0 Å². The van der Waals surface area contributed by atoms with Gasteiger partial charge in [-0.25, -0.2) is 0 Å². The molecule has 2 aromatic carbocycles. The summed E-state index contributed by atoms with van der Waals surface area (Å²) in [6.07, 6.45) is 1.10. The predicted molar refractivity (Wildman–Crippen MR) is 89.7 cm³/mol. The molecule has 0 fully saturated rings. The van der Waals surface area contributed by atoms with Gasteiger partial charge in [0.25, 0.3) is 0 Å². The van der Waals surface area contributed by atoms with E-state index in [-0.39, 0.29) is 0 Å². The Morgan fingerprint density at radius 1 is 1.10 bits per heavy atom. The lowest BCUT2D eigenvalue weighted by Crippen LogP contribution is -2.31. The van der Waals surface area contributed by atoms with E-state index in [0.717, 1.165) is 26.1 Å². The van der Waals surface area contributed by atoms with Crippen molar-refractivity contribution in [2.24, 2.45) is 0 Å². The van der Waals surface area contributed by atoms with Crippen LogP contribution in [0.5, 0.6) is 0 Å². The minimum atomic E-state index is 0.400. The molecule has 110 valence electrons. The summed E-state index contributed by atoms with van der Waals surface area (Å²) in [5.74, 6) is 0. The van der Waals surface area contributed by atoms with E-state index >= 15 is 0 Å². The lowest BCUT2D eigenvalue weighted by Gasteiger charge is -2.31. The number of anilines is 1. The summed E-state index contributed by atoms with van der Waals surface area (Å²) in [5, 5.41) is 3.52. The first-order valence-corrected chi connectivity index (χ1v) is 7.93. The molecule has 3 rings (SSSR count). The summed E-state index contributed by atoms with van der Waals surface area (Å²) in [7, 11) is 0. The molecule has 1 heterocycles.